The van der Waals surface area contributed by atoms with Crippen LogP contribution in [0.2, 0.25) is 0 Å². The number of amides is 3. The number of piperazine rings is 1. The van der Waals surface area contributed by atoms with Crippen LogP contribution in [-0.2, 0) is 20.9 Å². The summed E-state index contributed by atoms with van der Waals surface area (Å²) in [6.07, 6.45) is 0.583. The highest BCUT2D eigenvalue weighted by Gasteiger charge is 2.34. The van der Waals surface area contributed by atoms with Crippen LogP contribution in [0.15, 0.2) is 30.3 Å². The minimum atomic E-state index is -0.652. The van der Waals surface area contributed by atoms with E-state index in [2.05, 4.69) is 0 Å². The van der Waals surface area contributed by atoms with Gasteiger partial charge >= 0.3 is 11.8 Å². The molecule has 2 rings (SSSR count). The summed E-state index contributed by atoms with van der Waals surface area (Å²) in [6.45, 7) is 3.38. The Bertz CT molecular complexity index is 504. The second-order valence-electron chi connectivity index (χ2n) is 4.50. The summed E-state index contributed by atoms with van der Waals surface area (Å²) in [5.74, 6) is -1.21. The molecule has 1 heterocycles. The topological polar surface area (TPSA) is 60.9 Å². The lowest BCUT2D eigenvalue weighted by Gasteiger charge is -2.37. The molecule has 6 nitrogen and oxygen atoms in total. The molecule has 0 radical (unpaired) electrons. The van der Waals surface area contributed by atoms with E-state index in [1.807, 2.05) is 37.3 Å². The van der Waals surface area contributed by atoms with Crippen LogP contribution in [0.4, 0.5) is 0 Å². The highest BCUT2D eigenvalue weighted by atomic mass is 16.2. The number of likely N-dealkylation sites (N-methyl/N-ethyl adjacent to an activating group) is 1. The van der Waals surface area contributed by atoms with Crippen LogP contribution in [0.3, 0.4) is 0 Å². The van der Waals surface area contributed by atoms with Gasteiger partial charge in [0.05, 0.1) is 13.1 Å². The van der Waals surface area contributed by atoms with Crippen molar-refractivity contribution in [2.75, 3.05) is 19.6 Å². The second kappa shape index (κ2) is 6.18. The van der Waals surface area contributed by atoms with Crippen LogP contribution < -0.4 is 0 Å². The normalized spacial score (nSPS) is 15.4. The minimum Gasteiger partial charge on any atom is -0.333 e. The van der Waals surface area contributed by atoms with Crippen LogP contribution in [0.5, 0.6) is 0 Å². The van der Waals surface area contributed by atoms with Gasteiger partial charge in [-0.2, -0.15) is 0 Å². The van der Waals surface area contributed by atoms with Gasteiger partial charge in [0.15, 0.2) is 0 Å². The number of benzene rings is 1. The molecule has 20 heavy (non-hydrogen) atoms. The maximum absolute atomic E-state index is 12.0. The van der Waals surface area contributed by atoms with Crippen molar-refractivity contribution in [2.24, 2.45) is 0 Å². The fourth-order valence-electron chi connectivity index (χ4n) is 2.16. The number of nitrogens with zero attached hydrogens (tertiary/aromatic N) is 3. The van der Waals surface area contributed by atoms with Gasteiger partial charge in [-0.1, -0.05) is 30.3 Å². The van der Waals surface area contributed by atoms with Crippen LogP contribution in [0.1, 0.15) is 12.5 Å². The first-order chi connectivity index (χ1) is 9.67. The van der Waals surface area contributed by atoms with E-state index < -0.39 is 11.8 Å². The summed E-state index contributed by atoms with van der Waals surface area (Å²) in [7, 11) is 0. The Morgan fingerprint density at radius 3 is 2.45 bits per heavy atom. The molecule has 1 saturated heterocycles. The standard InChI is InChI=1S/C14H17N3O3/c1-2-15-8-9-17(14(20)13(15)19)16(11-18)10-12-6-4-3-5-7-12/h3-7,11H,2,8-10H2,1H3. The number of carbonyl (C=O) groups is 3. The molecule has 0 saturated carbocycles. The molecular weight excluding hydrogens is 258 g/mol. The van der Waals surface area contributed by atoms with Gasteiger partial charge in [-0.3, -0.25) is 14.4 Å². The summed E-state index contributed by atoms with van der Waals surface area (Å²) >= 11 is 0. The van der Waals surface area contributed by atoms with Gasteiger partial charge in [-0.15, -0.1) is 0 Å². The van der Waals surface area contributed by atoms with Crippen LogP contribution in [0, 0.1) is 0 Å². The summed E-state index contributed by atoms with van der Waals surface area (Å²) in [5.41, 5.74) is 0.901. The molecule has 0 bridgehead atoms. The molecule has 1 aromatic rings. The summed E-state index contributed by atoms with van der Waals surface area (Å²) in [4.78, 5) is 36.5. The van der Waals surface area contributed by atoms with Crippen molar-refractivity contribution in [2.45, 2.75) is 13.5 Å². The molecule has 1 aliphatic rings. The SMILES string of the molecule is CCN1CCN(N(C=O)Cc2ccccc2)C(=O)C1=O. The van der Waals surface area contributed by atoms with E-state index in [4.69, 9.17) is 0 Å². The number of hydrazine groups is 1. The van der Waals surface area contributed by atoms with E-state index >= 15 is 0 Å². The van der Waals surface area contributed by atoms with E-state index in [1.165, 1.54) is 14.9 Å². The number of hydrogen-bond acceptors (Lipinski definition) is 3. The molecule has 0 unspecified atom stereocenters. The van der Waals surface area contributed by atoms with E-state index in [1.54, 1.807) is 0 Å². The molecule has 106 valence electrons. The molecule has 1 fully saturated rings. The van der Waals surface area contributed by atoms with Gasteiger partial charge < -0.3 is 4.90 Å². The zero-order valence-corrected chi connectivity index (χ0v) is 11.4. The van der Waals surface area contributed by atoms with Gasteiger partial charge in [-0.25, -0.2) is 10.0 Å². The smallest absolute Gasteiger partial charge is 0.330 e. The molecule has 0 atom stereocenters. The monoisotopic (exact) mass is 275 g/mol. The average Bonchev–Trinajstić information content (AvgIpc) is 2.49. The number of rotatable bonds is 5. The maximum Gasteiger partial charge on any atom is 0.330 e. The van der Waals surface area contributed by atoms with Crippen LogP contribution in [0.25, 0.3) is 0 Å². The van der Waals surface area contributed by atoms with Gasteiger partial charge in [0.1, 0.15) is 0 Å². The molecule has 0 N–H and O–H groups in total. The summed E-state index contributed by atoms with van der Waals surface area (Å²) in [5, 5.41) is 2.47. The molecule has 3 amide bonds. The molecule has 6 heteroatoms. The molecule has 0 aliphatic carbocycles. The highest BCUT2D eigenvalue weighted by molar-refractivity contribution is 6.35. The van der Waals surface area contributed by atoms with E-state index in [0.717, 1.165) is 5.56 Å². The lowest BCUT2D eigenvalue weighted by atomic mass is 10.2. The molecule has 0 spiro atoms. The predicted octanol–water partition coefficient (Wildman–Crippen LogP) is 0.251. The first-order valence-corrected chi connectivity index (χ1v) is 6.54. The van der Waals surface area contributed by atoms with E-state index in [9.17, 15) is 14.4 Å². The number of hydrogen-bond donors (Lipinski definition) is 0. The molecular formula is C14H17N3O3. The van der Waals surface area contributed by atoms with E-state index in [-0.39, 0.29) is 6.54 Å². The Balaban J connectivity index is 2.10. The molecule has 0 aromatic heterocycles. The van der Waals surface area contributed by atoms with Gasteiger partial charge in [-0.05, 0) is 12.5 Å². The van der Waals surface area contributed by atoms with Gasteiger partial charge in [0, 0.05) is 13.1 Å². The molecule has 1 aliphatic heterocycles. The average molecular weight is 275 g/mol. The zero-order valence-electron chi connectivity index (χ0n) is 11.4. The van der Waals surface area contributed by atoms with Crippen molar-refractivity contribution in [1.82, 2.24) is 14.9 Å². The van der Waals surface area contributed by atoms with Crippen LogP contribution in [-0.4, -0.2) is 52.8 Å². The molecule has 1 aromatic carbocycles. The Hall–Kier alpha value is -2.37. The maximum atomic E-state index is 12.0. The predicted molar refractivity (Wildman–Crippen MR) is 72.0 cm³/mol. The van der Waals surface area contributed by atoms with Gasteiger partial charge in [0.25, 0.3) is 0 Å². The third-order valence-electron chi connectivity index (χ3n) is 3.29. The van der Waals surface area contributed by atoms with Gasteiger partial charge in [0.2, 0.25) is 6.41 Å². The largest absolute Gasteiger partial charge is 0.333 e. The summed E-state index contributed by atoms with van der Waals surface area (Å²) in [6, 6.07) is 9.33. The third kappa shape index (κ3) is 2.79. The van der Waals surface area contributed by atoms with E-state index in [0.29, 0.717) is 26.0 Å². The van der Waals surface area contributed by atoms with Crippen molar-refractivity contribution in [3.05, 3.63) is 35.9 Å². The lowest BCUT2D eigenvalue weighted by molar-refractivity contribution is -0.172. The van der Waals surface area contributed by atoms with Crippen molar-refractivity contribution < 1.29 is 14.4 Å². The lowest BCUT2D eigenvalue weighted by Crippen LogP contribution is -2.59. The van der Waals surface area contributed by atoms with Crippen molar-refractivity contribution in [1.29, 1.82) is 0 Å². The fourth-order valence-corrected chi connectivity index (χ4v) is 2.16. The third-order valence-corrected chi connectivity index (χ3v) is 3.29. The Labute approximate surface area is 117 Å². The van der Waals surface area contributed by atoms with Crippen molar-refractivity contribution in [3.63, 3.8) is 0 Å². The van der Waals surface area contributed by atoms with Crippen molar-refractivity contribution >= 4 is 18.2 Å². The Morgan fingerprint density at radius 2 is 1.85 bits per heavy atom. The Morgan fingerprint density at radius 1 is 1.15 bits per heavy atom. The minimum absolute atomic E-state index is 0.273. The highest BCUT2D eigenvalue weighted by Crippen LogP contribution is 2.11. The number of carbonyl (C=O) groups excluding carboxylic acids is 3. The summed E-state index contributed by atoms with van der Waals surface area (Å²) < 4.78 is 0. The quantitative estimate of drug-likeness (QED) is 0.572. The fraction of sp³-hybridized carbons (Fsp3) is 0.357. The Kier molecular flexibility index (Phi) is 4.34. The van der Waals surface area contributed by atoms with Crippen LogP contribution >= 0.6 is 0 Å². The second-order valence-corrected chi connectivity index (χ2v) is 4.50. The first kappa shape index (κ1) is 14.0. The van der Waals surface area contributed by atoms with Crippen molar-refractivity contribution in [3.8, 4) is 0 Å². The first-order valence-electron chi connectivity index (χ1n) is 6.54. The zero-order chi connectivity index (χ0) is 14.5.